The Labute approximate surface area is 77.8 Å². The van der Waals surface area contributed by atoms with Crippen LogP contribution < -0.4 is 0 Å². The van der Waals surface area contributed by atoms with E-state index in [0.717, 1.165) is 19.3 Å². The topological polar surface area (TPSA) is 43.4 Å². The van der Waals surface area contributed by atoms with Crippen molar-refractivity contribution in [2.75, 3.05) is 0 Å². The van der Waals surface area contributed by atoms with E-state index < -0.39 is 0 Å². The number of Topliss-reactive ketones (excluding diaryl/α,β-unsaturated/α-hetero) is 1. The van der Waals surface area contributed by atoms with Crippen LogP contribution in [0.15, 0.2) is 12.2 Å². The summed E-state index contributed by atoms with van der Waals surface area (Å²) in [5.41, 5.74) is 0. The van der Waals surface area contributed by atoms with Crippen molar-refractivity contribution in [3.63, 3.8) is 0 Å². The highest BCUT2D eigenvalue weighted by molar-refractivity contribution is 5.82. The highest BCUT2D eigenvalue weighted by Crippen LogP contribution is 2.13. The van der Waals surface area contributed by atoms with E-state index in [1.165, 1.54) is 6.08 Å². The summed E-state index contributed by atoms with van der Waals surface area (Å²) in [7, 11) is 0. The molecule has 0 fully saturated rings. The van der Waals surface area contributed by atoms with E-state index >= 15 is 0 Å². The van der Waals surface area contributed by atoms with Crippen molar-refractivity contribution >= 4 is 11.8 Å². The van der Waals surface area contributed by atoms with E-state index in [-0.39, 0.29) is 17.9 Å². The van der Waals surface area contributed by atoms with E-state index in [1.807, 2.05) is 6.08 Å². The summed E-state index contributed by atoms with van der Waals surface area (Å²) in [6.07, 6.45) is 6.21. The molecule has 1 aliphatic heterocycles. The molecule has 13 heavy (non-hydrogen) atoms. The third-order valence-electron chi connectivity index (χ3n) is 1.99. The maximum atomic E-state index is 10.8. The fourth-order valence-electron chi connectivity index (χ4n) is 1.32. The van der Waals surface area contributed by atoms with Crippen molar-refractivity contribution in [2.45, 2.75) is 38.7 Å². The summed E-state index contributed by atoms with van der Waals surface area (Å²) >= 11 is 0. The van der Waals surface area contributed by atoms with Crippen LogP contribution in [-0.4, -0.2) is 17.9 Å². The van der Waals surface area contributed by atoms with Gasteiger partial charge in [-0.05, 0) is 19.8 Å². The number of hydrogen-bond acceptors (Lipinski definition) is 3. The number of ketones is 1. The molecule has 1 atom stereocenters. The molecule has 0 amide bonds. The number of rotatable bonds is 4. The van der Waals surface area contributed by atoms with Gasteiger partial charge in [-0.2, -0.15) is 0 Å². The molecule has 1 rings (SSSR count). The lowest BCUT2D eigenvalue weighted by Gasteiger charge is -2.17. The van der Waals surface area contributed by atoms with Crippen LogP contribution in [0.4, 0.5) is 0 Å². The molecule has 0 unspecified atom stereocenters. The Balaban J connectivity index is 2.19. The smallest absolute Gasteiger partial charge is 0.330 e. The Bertz CT molecular complexity index is 230. The number of cyclic esters (lactones) is 1. The van der Waals surface area contributed by atoms with Crippen molar-refractivity contribution in [2.24, 2.45) is 0 Å². The van der Waals surface area contributed by atoms with Gasteiger partial charge in [0.25, 0.3) is 0 Å². The van der Waals surface area contributed by atoms with Gasteiger partial charge in [-0.3, -0.25) is 0 Å². The molecule has 0 bridgehead atoms. The van der Waals surface area contributed by atoms with E-state index in [1.54, 1.807) is 6.92 Å². The van der Waals surface area contributed by atoms with Gasteiger partial charge in [-0.25, -0.2) is 4.79 Å². The maximum absolute atomic E-state index is 10.8. The fourth-order valence-corrected chi connectivity index (χ4v) is 1.32. The van der Waals surface area contributed by atoms with Crippen molar-refractivity contribution < 1.29 is 14.3 Å². The van der Waals surface area contributed by atoms with Crippen LogP contribution in [0.5, 0.6) is 0 Å². The molecule has 0 aromatic heterocycles. The van der Waals surface area contributed by atoms with E-state index in [2.05, 4.69) is 0 Å². The summed E-state index contributed by atoms with van der Waals surface area (Å²) in [5.74, 6) is -0.0725. The highest BCUT2D eigenvalue weighted by Gasteiger charge is 2.15. The predicted molar refractivity (Wildman–Crippen MR) is 48.2 cm³/mol. The second-order valence-electron chi connectivity index (χ2n) is 3.29. The average Bonchev–Trinajstić information content (AvgIpc) is 2.03. The molecular formula is C10H14O3. The zero-order valence-corrected chi connectivity index (χ0v) is 7.79. The maximum Gasteiger partial charge on any atom is 0.330 e. The molecule has 0 aromatic rings. The normalized spacial score (nSPS) is 21.3. The summed E-state index contributed by atoms with van der Waals surface area (Å²) < 4.78 is 5.03. The van der Waals surface area contributed by atoms with Crippen LogP contribution in [-0.2, 0) is 14.3 Å². The van der Waals surface area contributed by atoms with E-state index in [9.17, 15) is 9.59 Å². The molecule has 72 valence electrons. The molecule has 1 aliphatic rings. The first-order valence-corrected chi connectivity index (χ1v) is 4.55. The van der Waals surface area contributed by atoms with Gasteiger partial charge in [0, 0.05) is 18.9 Å². The minimum atomic E-state index is -0.265. The molecule has 1 heterocycles. The number of carbonyl (C=O) groups excluding carboxylic acids is 2. The zero-order valence-electron chi connectivity index (χ0n) is 7.79. The predicted octanol–water partition coefficient (Wildman–Crippen LogP) is 1.62. The van der Waals surface area contributed by atoms with Crippen molar-refractivity contribution in [3.8, 4) is 0 Å². The van der Waals surface area contributed by atoms with Gasteiger partial charge in [0.2, 0.25) is 0 Å². The standard InChI is InChI=1S/C10H14O3/c1-8(11)4-2-5-9-6-3-7-10(12)13-9/h3,7,9H,2,4-6H2,1H3/t9-/m0/s1. The summed E-state index contributed by atoms with van der Waals surface area (Å²) in [5, 5.41) is 0. The first kappa shape index (κ1) is 9.96. The molecule has 3 nitrogen and oxygen atoms in total. The average molecular weight is 182 g/mol. The molecule has 3 heteroatoms. The van der Waals surface area contributed by atoms with Gasteiger partial charge >= 0.3 is 5.97 Å². The van der Waals surface area contributed by atoms with Crippen LogP contribution in [0.25, 0.3) is 0 Å². The third kappa shape index (κ3) is 3.87. The molecule has 0 saturated carbocycles. The Kier molecular flexibility index (Phi) is 3.68. The molecular weight excluding hydrogens is 168 g/mol. The SMILES string of the molecule is CC(=O)CCC[C@H]1CC=CC(=O)O1. The van der Waals surface area contributed by atoms with Crippen molar-refractivity contribution in [3.05, 3.63) is 12.2 Å². The fraction of sp³-hybridized carbons (Fsp3) is 0.600. The van der Waals surface area contributed by atoms with Crippen LogP contribution in [0, 0.1) is 0 Å². The minimum absolute atomic E-state index is 0.0168. The summed E-state index contributed by atoms with van der Waals surface area (Å²) in [6, 6.07) is 0. The van der Waals surface area contributed by atoms with Crippen LogP contribution in [0.2, 0.25) is 0 Å². The number of ether oxygens (including phenoxy) is 1. The van der Waals surface area contributed by atoms with Gasteiger partial charge in [-0.1, -0.05) is 6.08 Å². The molecule has 0 aromatic carbocycles. The summed E-state index contributed by atoms with van der Waals surface area (Å²) in [4.78, 5) is 21.4. The summed E-state index contributed by atoms with van der Waals surface area (Å²) in [6.45, 7) is 1.58. The quantitative estimate of drug-likeness (QED) is 0.620. The Morgan fingerprint density at radius 3 is 3.08 bits per heavy atom. The zero-order chi connectivity index (χ0) is 9.68. The minimum Gasteiger partial charge on any atom is -0.459 e. The number of hydrogen-bond donors (Lipinski definition) is 0. The monoisotopic (exact) mass is 182 g/mol. The van der Waals surface area contributed by atoms with Crippen molar-refractivity contribution in [1.82, 2.24) is 0 Å². The third-order valence-corrected chi connectivity index (χ3v) is 1.99. The number of carbonyl (C=O) groups is 2. The van der Waals surface area contributed by atoms with Gasteiger partial charge in [0.05, 0.1) is 0 Å². The lowest BCUT2D eigenvalue weighted by Crippen LogP contribution is -2.19. The van der Waals surface area contributed by atoms with Crippen LogP contribution in [0.3, 0.4) is 0 Å². The first-order chi connectivity index (χ1) is 6.18. The first-order valence-electron chi connectivity index (χ1n) is 4.55. The number of esters is 1. The lowest BCUT2D eigenvalue weighted by atomic mass is 10.1. The molecule has 0 aliphatic carbocycles. The molecule has 0 N–H and O–H groups in total. The Morgan fingerprint density at radius 2 is 2.46 bits per heavy atom. The van der Waals surface area contributed by atoms with E-state index in [0.29, 0.717) is 6.42 Å². The van der Waals surface area contributed by atoms with E-state index in [4.69, 9.17) is 4.74 Å². The van der Waals surface area contributed by atoms with Crippen LogP contribution >= 0.6 is 0 Å². The van der Waals surface area contributed by atoms with Crippen molar-refractivity contribution in [1.29, 1.82) is 0 Å². The second-order valence-corrected chi connectivity index (χ2v) is 3.29. The Morgan fingerprint density at radius 1 is 1.69 bits per heavy atom. The van der Waals surface area contributed by atoms with Gasteiger partial charge in [-0.15, -0.1) is 0 Å². The molecule has 0 spiro atoms. The lowest BCUT2D eigenvalue weighted by molar-refractivity contribution is -0.144. The molecule has 0 radical (unpaired) electrons. The highest BCUT2D eigenvalue weighted by atomic mass is 16.5. The van der Waals surface area contributed by atoms with Gasteiger partial charge in [0.15, 0.2) is 0 Å². The Hall–Kier alpha value is -1.12. The van der Waals surface area contributed by atoms with Gasteiger partial charge < -0.3 is 9.53 Å². The van der Waals surface area contributed by atoms with Gasteiger partial charge in [0.1, 0.15) is 11.9 Å². The second kappa shape index (κ2) is 4.80. The molecule has 0 saturated heterocycles. The largest absolute Gasteiger partial charge is 0.459 e. The van der Waals surface area contributed by atoms with Crippen LogP contribution in [0.1, 0.15) is 32.6 Å².